The minimum atomic E-state index is -0.286. The largest absolute Gasteiger partial charge is 0.385 e. The molecule has 0 aliphatic rings. The Bertz CT molecular complexity index is 722. The number of hydrogen-bond donors (Lipinski definition) is 3. The molecule has 0 radical (unpaired) electrons. The van der Waals surface area contributed by atoms with E-state index in [0.717, 1.165) is 24.0 Å². The van der Waals surface area contributed by atoms with Crippen LogP contribution in [0, 0.1) is 0 Å². The van der Waals surface area contributed by atoms with Crippen molar-refractivity contribution in [2.75, 3.05) is 19.0 Å². The van der Waals surface area contributed by atoms with Crippen molar-refractivity contribution in [3.63, 3.8) is 0 Å². The summed E-state index contributed by atoms with van der Waals surface area (Å²) in [5.41, 5.74) is 2.57. The van der Waals surface area contributed by atoms with Crippen LogP contribution >= 0.6 is 0 Å². The van der Waals surface area contributed by atoms with Crippen LogP contribution in [0.1, 0.15) is 30.4 Å². The standard InChI is InChI=1S/C20H26N4O3/c1-27-12-3-2-7-19(25)22-15-17-5-4-6-18(13-17)24-20(26)23-14-16-8-10-21-11-9-16/h4-6,8-11,13H,2-3,7,12,14-15H2,1H3,(H,22,25)(H2,23,24,26). The summed E-state index contributed by atoms with van der Waals surface area (Å²) in [5.74, 6) is 0.0135. The lowest BCUT2D eigenvalue weighted by atomic mass is 10.2. The molecule has 0 atom stereocenters. The predicted octanol–water partition coefficient (Wildman–Crippen LogP) is 2.84. The third-order valence-corrected chi connectivity index (χ3v) is 3.88. The molecule has 2 rings (SSSR count). The van der Waals surface area contributed by atoms with Crippen LogP contribution in [-0.4, -0.2) is 30.6 Å². The van der Waals surface area contributed by atoms with E-state index in [9.17, 15) is 9.59 Å². The smallest absolute Gasteiger partial charge is 0.319 e. The lowest BCUT2D eigenvalue weighted by molar-refractivity contribution is -0.121. The van der Waals surface area contributed by atoms with E-state index in [-0.39, 0.29) is 11.9 Å². The molecule has 0 saturated heterocycles. The van der Waals surface area contributed by atoms with E-state index in [4.69, 9.17) is 4.74 Å². The molecule has 7 nitrogen and oxygen atoms in total. The number of hydrogen-bond acceptors (Lipinski definition) is 4. The molecule has 3 amide bonds. The Morgan fingerprint density at radius 3 is 2.56 bits per heavy atom. The summed E-state index contributed by atoms with van der Waals surface area (Å²) >= 11 is 0. The molecule has 0 fully saturated rings. The van der Waals surface area contributed by atoms with Gasteiger partial charge in [-0.05, 0) is 48.2 Å². The van der Waals surface area contributed by atoms with Gasteiger partial charge in [-0.3, -0.25) is 9.78 Å². The number of amides is 3. The van der Waals surface area contributed by atoms with Gasteiger partial charge in [-0.25, -0.2) is 4.79 Å². The van der Waals surface area contributed by atoms with Crippen LogP contribution in [0.4, 0.5) is 10.5 Å². The number of carbonyl (C=O) groups is 2. The molecule has 2 aromatic rings. The molecular weight excluding hydrogens is 344 g/mol. The van der Waals surface area contributed by atoms with E-state index in [1.54, 1.807) is 19.5 Å². The zero-order chi connectivity index (χ0) is 19.3. The van der Waals surface area contributed by atoms with Gasteiger partial charge in [-0.1, -0.05) is 12.1 Å². The highest BCUT2D eigenvalue weighted by atomic mass is 16.5. The topological polar surface area (TPSA) is 92.4 Å². The lowest BCUT2D eigenvalue weighted by Gasteiger charge is -2.10. The van der Waals surface area contributed by atoms with Crippen molar-refractivity contribution in [2.24, 2.45) is 0 Å². The predicted molar refractivity (Wildman–Crippen MR) is 104 cm³/mol. The van der Waals surface area contributed by atoms with Crippen molar-refractivity contribution < 1.29 is 14.3 Å². The Morgan fingerprint density at radius 1 is 1.00 bits per heavy atom. The van der Waals surface area contributed by atoms with E-state index in [2.05, 4.69) is 20.9 Å². The molecule has 3 N–H and O–H groups in total. The molecule has 0 aliphatic carbocycles. The first-order chi connectivity index (χ1) is 13.2. The van der Waals surface area contributed by atoms with Crippen LogP contribution in [0.15, 0.2) is 48.8 Å². The Kier molecular flexibility index (Phi) is 8.79. The van der Waals surface area contributed by atoms with Crippen molar-refractivity contribution in [1.82, 2.24) is 15.6 Å². The number of aromatic nitrogens is 1. The van der Waals surface area contributed by atoms with Gasteiger partial charge in [0.2, 0.25) is 5.91 Å². The Balaban J connectivity index is 1.74. The first kappa shape index (κ1) is 20.4. The average Bonchev–Trinajstić information content (AvgIpc) is 2.69. The molecule has 0 spiro atoms. The summed E-state index contributed by atoms with van der Waals surface area (Å²) in [6, 6.07) is 10.8. The maximum atomic E-state index is 12.0. The van der Waals surface area contributed by atoms with Crippen molar-refractivity contribution in [3.05, 3.63) is 59.9 Å². The fraction of sp³-hybridized carbons (Fsp3) is 0.350. The van der Waals surface area contributed by atoms with Gasteiger partial charge >= 0.3 is 6.03 Å². The molecule has 27 heavy (non-hydrogen) atoms. The first-order valence-electron chi connectivity index (χ1n) is 8.95. The number of urea groups is 1. The minimum Gasteiger partial charge on any atom is -0.385 e. The van der Waals surface area contributed by atoms with Crippen LogP contribution < -0.4 is 16.0 Å². The molecule has 0 bridgehead atoms. The van der Waals surface area contributed by atoms with Crippen LogP contribution in [0.2, 0.25) is 0 Å². The maximum Gasteiger partial charge on any atom is 0.319 e. The van der Waals surface area contributed by atoms with E-state index < -0.39 is 0 Å². The SMILES string of the molecule is COCCCCC(=O)NCc1cccc(NC(=O)NCc2ccncc2)c1. The zero-order valence-corrected chi connectivity index (χ0v) is 15.5. The van der Waals surface area contributed by atoms with Gasteiger partial charge in [-0.15, -0.1) is 0 Å². The van der Waals surface area contributed by atoms with Crippen molar-refractivity contribution in [1.29, 1.82) is 0 Å². The van der Waals surface area contributed by atoms with E-state index >= 15 is 0 Å². The number of nitrogens with one attached hydrogen (secondary N) is 3. The number of ether oxygens (including phenoxy) is 1. The van der Waals surface area contributed by atoms with Crippen LogP contribution in [0.3, 0.4) is 0 Å². The maximum absolute atomic E-state index is 12.0. The van der Waals surface area contributed by atoms with Gasteiger partial charge in [-0.2, -0.15) is 0 Å². The van der Waals surface area contributed by atoms with E-state index in [1.165, 1.54) is 0 Å². The highest BCUT2D eigenvalue weighted by Gasteiger charge is 2.04. The van der Waals surface area contributed by atoms with Gasteiger partial charge in [0.05, 0.1) is 0 Å². The number of carbonyl (C=O) groups excluding carboxylic acids is 2. The summed E-state index contributed by atoms with van der Waals surface area (Å²) in [4.78, 5) is 27.8. The third kappa shape index (κ3) is 8.33. The number of pyridine rings is 1. The third-order valence-electron chi connectivity index (χ3n) is 3.88. The molecule has 1 aromatic heterocycles. The molecule has 0 saturated carbocycles. The summed E-state index contributed by atoms with van der Waals surface area (Å²) in [5, 5.41) is 8.48. The number of anilines is 1. The van der Waals surface area contributed by atoms with Crippen molar-refractivity contribution >= 4 is 17.6 Å². The first-order valence-corrected chi connectivity index (χ1v) is 8.95. The van der Waals surface area contributed by atoms with E-state index in [0.29, 0.717) is 31.8 Å². The molecule has 144 valence electrons. The summed E-state index contributed by atoms with van der Waals surface area (Å²) < 4.78 is 4.97. The van der Waals surface area contributed by atoms with Gasteiger partial charge in [0.1, 0.15) is 0 Å². The van der Waals surface area contributed by atoms with Gasteiger partial charge in [0, 0.05) is 51.3 Å². The summed E-state index contributed by atoms with van der Waals surface area (Å²) in [6.45, 7) is 1.52. The number of nitrogens with zero attached hydrogens (tertiary/aromatic N) is 1. The van der Waals surface area contributed by atoms with Crippen LogP contribution in [0.25, 0.3) is 0 Å². The Labute approximate surface area is 159 Å². The summed E-state index contributed by atoms with van der Waals surface area (Å²) in [6.07, 6.45) is 5.53. The second-order valence-electron chi connectivity index (χ2n) is 6.09. The lowest BCUT2D eigenvalue weighted by Crippen LogP contribution is -2.28. The fourth-order valence-corrected chi connectivity index (χ4v) is 2.44. The Morgan fingerprint density at radius 2 is 1.78 bits per heavy atom. The molecule has 0 unspecified atom stereocenters. The van der Waals surface area contributed by atoms with Crippen molar-refractivity contribution in [2.45, 2.75) is 32.4 Å². The molecular formula is C20H26N4O3. The Hall–Kier alpha value is -2.93. The zero-order valence-electron chi connectivity index (χ0n) is 15.5. The fourth-order valence-electron chi connectivity index (χ4n) is 2.44. The number of rotatable bonds is 10. The van der Waals surface area contributed by atoms with Crippen molar-refractivity contribution in [3.8, 4) is 0 Å². The normalized spacial score (nSPS) is 10.3. The number of benzene rings is 1. The number of unbranched alkanes of at least 4 members (excludes halogenated alkanes) is 1. The molecule has 0 aliphatic heterocycles. The van der Waals surface area contributed by atoms with Gasteiger partial charge < -0.3 is 20.7 Å². The minimum absolute atomic E-state index is 0.0135. The van der Waals surface area contributed by atoms with Gasteiger partial charge in [0.25, 0.3) is 0 Å². The monoisotopic (exact) mass is 370 g/mol. The van der Waals surface area contributed by atoms with Crippen LogP contribution in [0.5, 0.6) is 0 Å². The summed E-state index contributed by atoms with van der Waals surface area (Å²) in [7, 11) is 1.65. The van der Waals surface area contributed by atoms with E-state index in [1.807, 2.05) is 36.4 Å². The second kappa shape index (κ2) is 11.6. The average molecular weight is 370 g/mol. The molecule has 1 heterocycles. The quantitative estimate of drug-likeness (QED) is 0.561. The second-order valence-corrected chi connectivity index (χ2v) is 6.09. The molecule has 1 aromatic carbocycles. The highest BCUT2D eigenvalue weighted by Crippen LogP contribution is 2.11. The number of methoxy groups -OCH3 is 1. The van der Waals surface area contributed by atoms with Gasteiger partial charge in [0.15, 0.2) is 0 Å². The van der Waals surface area contributed by atoms with Crippen LogP contribution in [-0.2, 0) is 22.6 Å². The molecule has 7 heteroatoms. The highest BCUT2D eigenvalue weighted by molar-refractivity contribution is 5.89.